The van der Waals surface area contributed by atoms with E-state index in [1.54, 1.807) is 11.3 Å². The quantitative estimate of drug-likeness (QED) is 0.590. The van der Waals surface area contributed by atoms with E-state index < -0.39 is 11.6 Å². The Morgan fingerprint density at radius 3 is 2.58 bits per heavy atom. The summed E-state index contributed by atoms with van der Waals surface area (Å²) in [5.74, 6) is -0.656. The monoisotopic (exact) mass is 303 g/mol. The number of hydrogen-bond donors (Lipinski definition) is 0. The Bertz CT molecular complexity index is 527. The molecule has 0 spiro atoms. The van der Waals surface area contributed by atoms with Crippen molar-refractivity contribution in [2.24, 2.45) is 0 Å². The minimum Gasteiger partial charge on any atom is -0.493 e. The molecule has 0 bridgehead atoms. The molecule has 0 atom stereocenters. The van der Waals surface area contributed by atoms with E-state index in [1.807, 2.05) is 5.38 Å². The van der Waals surface area contributed by atoms with Gasteiger partial charge >= 0.3 is 0 Å². The van der Waals surface area contributed by atoms with Crippen molar-refractivity contribution in [3.8, 4) is 5.75 Å². The van der Waals surface area contributed by atoms with Gasteiger partial charge in [-0.25, -0.2) is 13.8 Å². The molecule has 0 aliphatic rings. The van der Waals surface area contributed by atoms with Gasteiger partial charge in [0.25, 0.3) is 0 Å². The normalized spacial score (nSPS) is 10.7. The van der Waals surface area contributed by atoms with Crippen molar-refractivity contribution in [1.82, 2.24) is 4.98 Å². The van der Waals surface area contributed by atoms with E-state index in [2.05, 4.69) is 4.98 Å². The third-order valence-electron chi connectivity index (χ3n) is 2.38. The number of rotatable bonds is 6. The summed E-state index contributed by atoms with van der Waals surface area (Å²) in [6, 6.07) is 3.15. The number of nitrogens with zero attached hydrogens (tertiary/aromatic N) is 1. The van der Waals surface area contributed by atoms with E-state index in [9.17, 15) is 8.78 Å². The van der Waals surface area contributed by atoms with Crippen LogP contribution < -0.4 is 4.74 Å². The fourth-order valence-corrected chi connectivity index (χ4v) is 2.62. The summed E-state index contributed by atoms with van der Waals surface area (Å²) in [4.78, 5) is 4.31. The molecule has 2 aromatic rings. The van der Waals surface area contributed by atoms with Crippen LogP contribution in [0.2, 0.25) is 0 Å². The Hall–Kier alpha value is -1.20. The average molecular weight is 304 g/mol. The molecule has 0 N–H and O–H groups in total. The zero-order chi connectivity index (χ0) is 13.7. The molecule has 0 saturated heterocycles. The highest BCUT2D eigenvalue weighted by molar-refractivity contribution is 7.09. The first-order chi connectivity index (χ1) is 9.17. The number of aryl methyl sites for hydroxylation is 1. The van der Waals surface area contributed by atoms with Gasteiger partial charge in [-0.2, -0.15) is 0 Å². The van der Waals surface area contributed by atoms with Gasteiger partial charge < -0.3 is 4.74 Å². The lowest BCUT2D eigenvalue weighted by molar-refractivity contribution is 0.307. The second kappa shape index (κ2) is 6.82. The first kappa shape index (κ1) is 14.2. The summed E-state index contributed by atoms with van der Waals surface area (Å²) in [5, 5.41) is 2.91. The summed E-state index contributed by atoms with van der Waals surface area (Å²) < 4.78 is 31.1. The lowest BCUT2D eigenvalue weighted by Gasteiger charge is -2.05. The largest absolute Gasteiger partial charge is 0.493 e. The second-order valence-electron chi connectivity index (χ2n) is 3.92. The van der Waals surface area contributed by atoms with Gasteiger partial charge in [0, 0.05) is 30.0 Å². The molecule has 2 rings (SSSR count). The fourth-order valence-electron chi connectivity index (χ4n) is 1.55. The summed E-state index contributed by atoms with van der Waals surface area (Å²) in [6.45, 7) is 0.388. The summed E-state index contributed by atoms with van der Waals surface area (Å²) in [6.07, 6.45) is 1.49. The van der Waals surface area contributed by atoms with Crippen LogP contribution in [0.25, 0.3) is 0 Å². The van der Waals surface area contributed by atoms with Gasteiger partial charge in [-0.3, -0.25) is 0 Å². The van der Waals surface area contributed by atoms with Crippen LogP contribution in [-0.4, -0.2) is 11.6 Å². The molecule has 1 aromatic carbocycles. The maximum atomic E-state index is 12.9. The van der Waals surface area contributed by atoms with Crippen molar-refractivity contribution in [2.45, 2.75) is 18.7 Å². The van der Waals surface area contributed by atoms with Gasteiger partial charge in [0.1, 0.15) is 17.4 Å². The van der Waals surface area contributed by atoms with Crippen molar-refractivity contribution in [3.63, 3.8) is 0 Å². The summed E-state index contributed by atoms with van der Waals surface area (Å²) >= 11 is 7.21. The Morgan fingerprint density at radius 1 is 1.21 bits per heavy atom. The number of hydrogen-bond acceptors (Lipinski definition) is 3. The molecule has 1 aromatic heterocycles. The zero-order valence-electron chi connectivity index (χ0n) is 10.0. The molecule has 6 heteroatoms. The maximum Gasteiger partial charge on any atom is 0.129 e. The highest BCUT2D eigenvalue weighted by Crippen LogP contribution is 2.17. The molecule has 0 radical (unpaired) electrons. The van der Waals surface area contributed by atoms with Crippen LogP contribution in [0.3, 0.4) is 0 Å². The molecule has 19 heavy (non-hydrogen) atoms. The van der Waals surface area contributed by atoms with Crippen LogP contribution in [-0.2, 0) is 12.3 Å². The van der Waals surface area contributed by atoms with Crippen LogP contribution in [0.4, 0.5) is 8.78 Å². The minimum atomic E-state index is -0.637. The number of benzene rings is 1. The Labute approximate surface area is 119 Å². The standard InChI is InChI=1S/C13H12ClF2NOS/c14-7-11-8-19-13(17-11)2-1-3-18-12-5-9(15)4-10(16)6-12/h4-6,8H,1-3,7H2. The first-order valence-corrected chi connectivity index (χ1v) is 7.17. The zero-order valence-corrected chi connectivity index (χ0v) is 11.6. The topological polar surface area (TPSA) is 22.1 Å². The van der Waals surface area contributed by atoms with E-state index in [0.29, 0.717) is 12.5 Å². The Balaban J connectivity index is 1.77. The SMILES string of the molecule is Fc1cc(F)cc(OCCCc2nc(CCl)cs2)c1. The molecule has 0 unspecified atom stereocenters. The van der Waals surface area contributed by atoms with Gasteiger partial charge in [0.05, 0.1) is 23.2 Å². The van der Waals surface area contributed by atoms with Crippen LogP contribution in [0.1, 0.15) is 17.1 Å². The number of ether oxygens (including phenoxy) is 1. The second-order valence-corrected chi connectivity index (χ2v) is 5.13. The molecule has 1 heterocycles. The first-order valence-electron chi connectivity index (χ1n) is 5.75. The van der Waals surface area contributed by atoms with Gasteiger partial charge in [0.2, 0.25) is 0 Å². The third kappa shape index (κ3) is 4.44. The molecule has 0 fully saturated rings. The van der Waals surface area contributed by atoms with E-state index >= 15 is 0 Å². The minimum absolute atomic E-state index is 0.207. The van der Waals surface area contributed by atoms with Gasteiger partial charge in [-0.05, 0) is 6.42 Å². The van der Waals surface area contributed by atoms with E-state index in [1.165, 1.54) is 0 Å². The molecular formula is C13H12ClF2NOS. The van der Waals surface area contributed by atoms with Gasteiger partial charge in [-0.15, -0.1) is 22.9 Å². The smallest absolute Gasteiger partial charge is 0.129 e. The Morgan fingerprint density at radius 2 is 1.95 bits per heavy atom. The number of halogens is 3. The summed E-state index contributed by atoms with van der Waals surface area (Å²) in [5.41, 5.74) is 0.870. The van der Waals surface area contributed by atoms with E-state index in [4.69, 9.17) is 16.3 Å². The highest BCUT2D eigenvalue weighted by atomic mass is 35.5. The van der Waals surface area contributed by atoms with Gasteiger partial charge in [0.15, 0.2) is 0 Å². The number of alkyl halides is 1. The molecule has 0 saturated carbocycles. The highest BCUT2D eigenvalue weighted by Gasteiger charge is 2.03. The van der Waals surface area contributed by atoms with Crippen LogP contribution in [0, 0.1) is 11.6 Å². The van der Waals surface area contributed by atoms with Crippen molar-refractivity contribution in [2.75, 3.05) is 6.61 Å². The van der Waals surface area contributed by atoms with Crippen LogP contribution >= 0.6 is 22.9 Å². The van der Waals surface area contributed by atoms with Crippen molar-refractivity contribution >= 4 is 22.9 Å². The maximum absolute atomic E-state index is 12.9. The van der Waals surface area contributed by atoms with Crippen molar-refractivity contribution in [3.05, 3.63) is 45.9 Å². The lowest BCUT2D eigenvalue weighted by atomic mass is 10.3. The fraction of sp³-hybridized carbons (Fsp3) is 0.308. The van der Waals surface area contributed by atoms with E-state index in [0.717, 1.165) is 41.7 Å². The number of thiazole rings is 1. The Kier molecular flexibility index (Phi) is 5.10. The van der Waals surface area contributed by atoms with Crippen LogP contribution in [0.5, 0.6) is 5.75 Å². The molecule has 0 amide bonds. The van der Waals surface area contributed by atoms with Crippen molar-refractivity contribution in [1.29, 1.82) is 0 Å². The number of aromatic nitrogens is 1. The molecule has 0 aliphatic carbocycles. The summed E-state index contributed by atoms with van der Waals surface area (Å²) in [7, 11) is 0. The van der Waals surface area contributed by atoms with Gasteiger partial charge in [-0.1, -0.05) is 0 Å². The molecule has 2 nitrogen and oxygen atoms in total. The van der Waals surface area contributed by atoms with E-state index in [-0.39, 0.29) is 5.75 Å². The molecular weight excluding hydrogens is 292 g/mol. The predicted octanol–water partition coefficient (Wildman–Crippen LogP) is 4.17. The average Bonchev–Trinajstić information content (AvgIpc) is 2.81. The van der Waals surface area contributed by atoms with Crippen LogP contribution in [0.15, 0.2) is 23.6 Å². The van der Waals surface area contributed by atoms with Crippen molar-refractivity contribution < 1.29 is 13.5 Å². The third-order valence-corrected chi connectivity index (χ3v) is 3.61. The lowest BCUT2D eigenvalue weighted by Crippen LogP contribution is -2.00. The molecule has 0 aliphatic heterocycles. The molecule has 102 valence electrons. The predicted molar refractivity (Wildman–Crippen MR) is 71.8 cm³/mol.